The summed E-state index contributed by atoms with van der Waals surface area (Å²) in [5, 5.41) is 3.46. The number of nitrogens with one attached hydrogen (secondary N) is 1. The Morgan fingerprint density at radius 2 is 2.33 bits per heavy atom. The van der Waals surface area contributed by atoms with E-state index in [1.165, 1.54) is 30.8 Å². The van der Waals surface area contributed by atoms with Gasteiger partial charge < -0.3 is 10.1 Å². The van der Waals surface area contributed by atoms with Crippen molar-refractivity contribution in [3.05, 3.63) is 16.6 Å². The predicted octanol–water partition coefficient (Wildman–Crippen LogP) is 1.59. The van der Waals surface area contributed by atoms with Gasteiger partial charge in [-0.05, 0) is 38.4 Å². The quantitative estimate of drug-likeness (QED) is 0.763. The standard InChI is InChI=1S/C13H23N3OS/c1-17-7-4-14-8-12-2-5-16(6-3-12)10-13-9-15-11-18-13/h9,11-12,14H,2-8,10H2,1H3. The van der Waals surface area contributed by atoms with Crippen LogP contribution in [-0.4, -0.2) is 49.8 Å². The molecule has 0 aliphatic carbocycles. The number of piperidine rings is 1. The number of ether oxygens (including phenoxy) is 1. The molecule has 0 atom stereocenters. The van der Waals surface area contributed by atoms with E-state index in [-0.39, 0.29) is 0 Å². The number of methoxy groups -OCH3 is 1. The van der Waals surface area contributed by atoms with Crippen molar-refractivity contribution < 1.29 is 4.74 Å². The maximum atomic E-state index is 5.03. The maximum absolute atomic E-state index is 5.03. The molecule has 0 amide bonds. The average molecular weight is 269 g/mol. The van der Waals surface area contributed by atoms with Gasteiger partial charge in [-0.25, -0.2) is 0 Å². The Hall–Kier alpha value is -0.490. The van der Waals surface area contributed by atoms with Crippen molar-refractivity contribution in [2.24, 2.45) is 5.92 Å². The zero-order valence-corrected chi connectivity index (χ0v) is 11.9. The first-order valence-corrected chi connectivity index (χ1v) is 7.56. The maximum Gasteiger partial charge on any atom is 0.0794 e. The summed E-state index contributed by atoms with van der Waals surface area (Å²) in [6.07, 6.45) is 4.60. The van der Waals surface area contributed by atoms with E-state index in [1.807, 2.05) is 11.7 Å². The van der Waals surface area contributed by atoms with Crippen LogP contribution in [0, 0.1) is 5.92 Å². The van der Waals surface area contributed by atoms with Gasteiger partial charge in [0, 0.05) is 31.3 Å². The van der Waals surface area contributed by atoms with Crippen LogP contribution in [0.2, 0.25) is 0 Å². The van der Waals surface area contributed by atoms with Crippen molar-refractivity contribution in [3.8, 4) is 0 Å². The molecule has 1 fully saturated rings. The Labute approximate surface area is 113 Å². The Morgan fingerprint density at radius 1 is 1.50 bits per heavy atom. The second kappa shape index (κ2) is 7.84. The summed E-state index contributed by atoms with van der Waals surface area (Å²) in [4.78, 5) is 8.05. The van der Waals surface area contributed by atoms with Gasteiger partial charge in [0.25, 0.3) is 0 Å². The van der Waals surface area contributed by atoms with Crippen LogP contribution in [0.5, 0.6) is 0 Å². The minimum absolute atomic E-state index is 0.810. The van der Waals surface area contributed by atoms with Crippen molar-refractivity contribution in [2.75, 3.05) is 39.9 Å². The first-order valence-electron chi connectivity index (χ1n) is 6.68. The molecule has 1 aromatic heterocycles. The summed E-state index contributed by atoms with van der Waals surface area (Å²) in [5.74, 6) is 0.833. The largest absolute Gasteiger partial charge is 0.383 e. The van der Waals surface area contributed by atoms with Crippen LogP contribution < -0.4 is 5.32 Å². The van der Waals surface area contributed by atoms with Crippen molar-refractivity contribution >= 4 is 11.3 Å². The molecule has 0 spiro atoms. The molecule has 1 N–H and O–H groups in total. The number of rotatable bonds is 7. The molecule has 1 aliphatic heterocycles. The fourth-order valence-corrected chi connectivity index (χ4v) is 3.01. The van der Waals surface area contributed by atoms with E-state index in [9.17, 15) is 0 Å². The number of hydrogen-bond donors (Lipinski definition) is 1. The fourth-order valence-electron chi connectivity index (χ4n) is 2.37. The molecule has 0 aromatic carbocycles. The lowest BCUT2D eigenvalue weighted by atomic mass is 9.97. The summed E-state index contributed by atoms with van der Waals surface area (Å²) >= 11 is 1.76. The van der Waals surface area contributed by atoms with Gasteiger partial charge in [-0.2, -0.15) is 0 Å². The molecule has 102 valence electrons. The number of aromatic nitrogens is 1. The number of thiazole rings is 1. The van der Waals surface area contributed by atoms with Gasteiger partial charge in [-0.1, -0.05) is 0 Å². The van der Waals surface area contributed by atoms with E-state index < -0.39 is 0 Å². The minimum Gasteiger partial charge on any atom is -0.383 e. The molecule has 2 heterocycles. The van der Waals surface area contributed by atoms with E-state index in [0.29, 0.717) is 0 Å². The van der Waals surface area contributed by atoms with Crippen LogP contribution in [-0.2, 0) is 11.3 Å². The van der Waals surface area contributed by atoms with Crippen molar-refractivity contribution in [3.63, 3.8) is 0 Å². The van der Waals surface area contributed by atoms with Crippen LogP contribution in [0.1, 0.15) is 17.7 Å². The van der Waals surface area contributed by atoms with Crippen LogP contribution in [0.3, 0.4) is 0 Å². The third-order valence-corrected chi connectivity index (χ3v) is 4.25. The van der Waals surface area contributed by atoms with Gasteiger partial charge in [-0.3, -0.25) is 9.88 Å². The van der Waals surface area contributed by atoms with E-state index in [0.717, 1.165) is 32.2 Å². The Balaban J connectivity index is 1.59. The van der Waals surface area contributed by atoms with Gasteiger partial charge in [0.1, 0.15) is 0 Å². The van der Waals surface area contributed by atoms with E-state index in [4.69, 9.17) is 4.74 Å². The van der Waals surface area contributed by atoms with Crippen molar-refractivity contribution in [2.45, 2.75) is 19.4 Å². The lowest BCUT2D eigenvalue weighted by molar-refractivity contribution is 0.169. The van der Waals surface area contributed by atoms with Crippen LogP contribution in [0.4, 0.5) is 0 Å². The first kappa shape index (κ1) is 13.9. The minimum atomic E-state index is 0.810. The van der Waals surface area contributed by atoms with Gasteiger partial charge in [0.05, 0.1) is 12.1 Å². The third kappa shape index (κ3) is 4.65. The molecule has 4 nitrogen and oxygen atoms in total. The third-order valence-electron chi connectivity index (χ3n) is 3.49. The van der Waals surface area contributed by atoms with Crippen molar-refractivity contribution in [1.82, 2.24) is 15.2 Å². The van der Waals surface area contributed by atoms with Crippen LogP contribution in [0.15, 0.2) is 11.7 Å². The molecule has 0 unspecified atom stereocenters. The summed E-state index contributed by atoms with van der Waals surface area (Å²) in [7, 11) is 1.75. The lowest BCUT2D eigenvalue weighted by Crippen LogP contribution is -2.37. The number of nitrogens with zero attached hydrogens (tertiary/aromatic N) is 2. The van der Waals surface area contributed by atoms with E-state index >= 15 is 0 Å². The molecule has 5 heteroatoms. The molecule has 1 aromatic rings. The lowest BCUT2D eigenvalue weighted by Gasteiger charge is -2.31. The van der Waals surface area contributed by atoms with Gasteiger partial charge >= 0.3 is 0 Å². The summed E-state index contributed by atoms with van der Waals surface area (Å²) in [5.41, 5.74) is 1.92. The summed E-state index contributed by atoms with van der Waals surface area (Å²) in [6, 6.07) is 0. The highest BCUT2D eigenvalue weighted by Crippen LogP contribution is 2.19. The molecular weight excluding hydrogens is 246 g/mol. The highest BCUT2D eigenvalue weighted by molar-refractivity contribution is 7.09. The van der Waals surface area contributed by atoms with Gasteiger partial charge in [-0.15, -0.1) is 11.3 Å². The van der Waals surface area contributed by atoms with Crippen molar-refractivity contribution in [1.29, 1.82) is 0 Å². The Morgan fingerprint density at radius 3 is 3.00 bits per heavy atom. The molecule has 1 saturated heterocycles. The average Bonchev–Trinajstić information content (AvgIpc) is 2.89. The first-order chi connectivity index (χ1) is 8.88. The summed E-state index contributed by atoms with van der Waals surface area (Å²) < 4.78 is 5.03. The highest BCUT2D eigenvalue weighted by Gasteiger charge is 2.19. The van der Waals surface area contributed by atoms with Gasteiger partial charge in [0.2, 0.25) is 0 Å². The Bertz CT molecular complexity index is 310. The smallest absolute Gasteiger partial charge is 0.0794 e. The monoisotopic (exact) mass is 269 g/mol. The number of hydrogen-bond acceptors (Lipinski definition) is 5. The molecule has 18 heavy (non-hydrogen) atoms. The molecular formula is C13H23N3OS. The van der Waals surface area contributed by atoms with E-state index in [2.05, 4.69) is 15.2 Å². The molecule has 0 bridgehead atoms. The van der Waals surface area contributed by atoms with Gasteiger partial charge in [0.15, 0.2) is 0 Å². The zero-order valence-electron chi connectivity index (χ0n) is 11.1. The molecule has 1 aliphatic rings. The topological polar surface area (TPSA) is 37.4 Å². The SMILES string of the molecule is COCCNCC1CCN(Cc2cncs2)CC1. The van der Waals surface area contributed by atoms with E-state index in [1.54, 1.807) is 18.4 Å². The van der Waals surface area contributed by atoms with Crippen LogP contribution in [0.25, 0.3) is 0 Å². The Kier molecular flexibility index (Phi) is 6.07. The predicted molar refractivity (Wildman–Crippen MR) is 74.9 cm³/mol. The fraction of sp³-hybridized carbons (Fsp3) is 0.769. The van der Waals surface area contributed by atoms with Crippen LogP contribution >= 0.6 is 11.3 Å². The molecule has 0 saturated carbocycles. The summed E-state index contributed by atoms with van der Waals surface area (Å²) in [6.45, 7) is 6.43. The zero-order chi connectivity index (χ0) is 12.6. The normalized spacial score (nSPS) is 18.3. The molecule has 0 radical (unpaired) electrons. The molecule has 2 rings (SSSR count). The second-order valence-corrected chi connectivity index (χ2v) is 5.86. The number of likely N-dealkylation sites (tertiary alicyclic amines) is 1. The highest BCUT2D eigenvalue weighted by atomic mass is 32.1. The second-order valence-electron chi connectivity index (χ2n) is 4.88.